The van der Waals surface area contributed by atoms with Gasteiger partial charge in [-0.2, -0.15) is 0 Å². The van der Waals surface area contributed by atoms with Crippen LogP contribution in [0.15, 0.2) is 12.1 Å². The largest absolute Gasteiger partial charge is 0.496 e. The van der Waals surface area contributed by atoms with Gasteiger partial charge in [0.05, 0.1) is 23.4 Å². The van der Waals surface area contributed by atoms with Gasteiger partial charge in [0.2, 0.25) is 0 Å². The number of carbonyl (C=O) groups is 1. The number of fused-ring (bicyclic) bond motifs is 2. The number of nitrogens with one attached hydrogen (secondary N) is 1. The van der Waals surface area contributed by atoms with Gasteiger partial charge in [-0.25, -0.2) is 0 Å². The SMILES string of the molecule is COc1cc(N)c(Cl)cc1C(=O)NCC12CCCC(CC1)N2C. The van der Waals surface area contributed by atoms with Gasteiger partial charge in [0.1, 0.15) is 5.75 Å². The number of amides is 1. The average Bonchev–Trinajstić information content (AvgIpc) is 2.74. The van der Waals surface area contributed by atoms with E-state index in [-0.39, 0.29) is 11.4 Å². The molecule has 2 unspecified atom stereocenters. The molecule has 3 N–H and O–H groups in total. The van der Waals surface area contributed by atoms with Crippen LogP contribution in [0, 0.1) is 0 Å². The van der Waals surface area contributed by atoms with Gasteiger partial charge in [-0.3, -0.25) is 9.69 Å². The number of hydrogen-bond donors (Lipinski definition) is 2. The Hall–Kier alpha value is -1.46. The molecule has 3 rings (SSSR count). The number of anilines is 1. The van der Waals surface area contributed by atoms with E-state index in [0.29, 0.717) is 34.6 Å². The average molecular weight is 338 g/mol. The first-order chi connectivity index (χ1) is 11.0. The first-order valence-electron chi connectivity index (χ1n) is 8.11. The fourth-order valence-electron chi connectivity index (χ4n) is 4.06. The van der Waals surface area contributed by atoms with Crippen LogP contribution in [-0.4, -0.2) is 43.1 Å². The van der Waals surface area contributed by atoms with E-state index in [1.165, 1.54) is 26.4 Å². The van der Waals surface area contributed by atoms with E-state index in [4.69, 9.17) is 22.1 Å². The lowest BCUT2D eigenvalue weighted by Crippen LogP contribution is -2.54. The summed E-state index contributed by atoms with van der Waals surface area (Å²) in [6, 6.07) is 3.83. The lowest BCUT2D eigenvalue weighted by Gasteiger charge is -2.42. The summed E-state index contributed by atoms with van der Waals surface area (Å²) in [6.07, 6.45) is 6.02. The van der Waals surface area contributed by atoms with Gasteiger partial charge in [0.25, 0.3) is 5.91 Å². The molecule has 2 fully saturated rings. The molecule has 2 bridgehead atoms. The minimum Gasteiger partial charge on any atom is -0.496 e. The van der Waals surface area contributed by atoms with Crippen LogP contribution in [0.5, 0.6) is 5.75 Å². The number of carbonyl (C=O) groups excluding carboxylic acids is 1. The maximum absolute atomic E-state index is 12.6. The first kappa shape index (κ1) is 16.4. The Bertz CT molecular complexity index is 618. The molecule has 2 atom stereocenters. The molecule has 2 heterocycles. The van der Waals surface area contributed by atoms with Crippen molar-refractivity contribution in [3.63, 3.8) is 0 Å². The monoisotopic (exact) mass is 337 g/mol. The van der Waals surface area contributed by atoms with E-state index in [9.17, 15) is 4.79 Å². The molecule has 2 aliphatic rings. The van der Waals surface area contributed by atoms with Crippen LogP contribution in [0.4, 0.5) is 5.69 Å². The number of hydrogen-bond acceptors (Lipinski definition) is 4. The third-order valence-corrected chi connectivity index (χ3v) is 5.89. The number of halogens is 1. The quantitative estimate of drug-likeness (QED) is 0.829. The van der Waals surface area contributed by atoms with Crippen molar-refractivity contribution in [3.8, 4) is 5.75 Å². The highest BCUT2D eigenvalue weighted by Gasteiger charge is 2.46. The van der Waals surface area contributed by atoms with Crippen LogP contribution in [0.3, 0.4) is 0 Å². The molecule has 0 aliphatic carbocycles. The fourth-order valence-corrected chi connectivity index (χ4v) is 4.22. The molecule has 1 aromatic carbocycles. The van der Waals surface area contributed by atoms with Gasteiger partial charge >= 0.3 is 0 Å². The highest BCUT2D eigenvalue weighted by molar-refractivity contribution is 6.33. The maximum Gasteiger partial charge on any atom is 0.255 e. The minimum atomic E-state index is -0.166. The van der Waals surface area contributed by atoms with Crippen LogP contribution < -0.4 is 15.8 Å². The Balaban J connectivity index is 1.74. The van der Waals surface area contributed by atoms with Gasteiger partial charge in [-0.1, -0.05) is 11.6 Å². The Morgan fingerprint density at radius 3 is 3.00 bits per heavy atom. The van der Waals surface area contributed by atoms with E-state index in [1.54, 1.807) is 12.1 Å². The highest BCUT2D eigenvalue weighted by atomic mass is 35.5. The Morgan fingerprint density at radius 2 is 2.26 bits per heavy atom. The van der Waals surface area contributed by atoms with Gasteiger partial charge < -0.3 is 15.8 Å². The van der Waals surface area contributed by atoms with Crippen LogP contribution in [-0.2, 0) is 0 Å². The molecule has 0 saturated carbocycles. The van der Waals surface area contributed by atoms with Gasteiger partial charge in [-0.15, -0.1) is 0 Å². The molecule has 0 spiro atoms. The second-order valence-electron chi connectivity index (χ2n) is 6.68. The molecule has 1 amide bonds. The predicted molar refractivity (Wildman–Crippen MR) is 92.1 cm³/mol. The van der Waals surface area contributed by atoms with Crippen molar-refractivity contribution in [3.05, 3.63) is 22.7 Å². The lowest BCUT2D eigenvalue weighted by molar-refractivity contribution is 0.0720. The van der Waals surface area contributed by atoms with E-state index < -0.39 is 0 Å². The lowest BCUT2D eigenvalue weighted by atomic mass is 9.88. The first-order valence-corrected chi connectivity index (χ1v) is 8.49. The summed E-state index contributed by atoms with van der Waals surface area (Å²) in [5, 5.41) is 3.44. The number of nitrogen functional groups attached to an aromatic ring is 1. The smallest absolute Gasteiger partial charge is 0.255 e. The van der Waals surface area contributed by atoms with Crippen LogP contribution >= 0.6 is 11.6 Å². The highest BCUT2D eigenvalue weighted by Crippen LogP contribution is 2.42. The molecule has 2 saturated heterocycles. The van der Waals surface area contributed by atoms with Crippen molar-refractivity contribution >= 4 is 23.2 Å². The number of benzene rings is 1. The standard InChI is InChI=1S/C17H24ClN3O2/c1-21-11-4-3-6-17(21,7-5-11)10-20-16(22)12-8-13(18)14(19)9-15(12)23-2/h8-9,11H,3-7,10,19H2,1-2H3,(H,20,22). The minimum absolute atomic E-state index is 0.101. The number of ether oxygens (including phenoxy) is 1. The maximum atomic E-state index is 12.6. The molecule has 0 radical (unpaired) electrons. The molecule has 0 aromatic heterocycles. The zero-order valence-electron chi connectivity index (χ0n) is 13.7. The van der Waals surface area contributed by atoms with E-state index >= 15 is 0 Å². The molecule has 5 nitrogen and oxygen atoms in total. The molecule has 2 aliphatic heterocycles. The zero-order chi connectivity index (χ0) is 16.6. The van der Waals surface area contributed by atoms with Gasteiger partial charge in [0, 0.05) is 24.2 Å². The van der Waals surface area contributed by atoms with Crippen molar-refractivity contribution in [1.82, 2.24) is 10.2 Å². The summed E-state index contributed by atoms with van der Waals surface area (Å²) in [5.74, 6) is 0.281. The molecule has 6 heteroatoms. The molecular formula is C17H24ClN3O2. The Morgan fingerprint density at radius 1 is 1.48 bits per heavy atom. The van der Waals surface area contributed by atoms with Crippen molar-refractivity contribution in [2.75, 3.05) is 26.4 Å². The summed E-state index contributed by atoms with van der Waals surface area (Å²) in [6.45, 7) is 0.657. The Kier molecular flexibility index (Phi) is 4.43. The van der Waals surface area contributed by atoms with E-state index in [1.807, 2.05) is 0 Å². The fraction of sp³-hybridized carbons (Fsp3) is 0.588. The molecule has 1 aromatic rings. The predicted octanol–water partition coefficient (Wildman–Crippen LogP) is 2.68. The van der Waals surface area contributed by atoms with Crippen LogP contribution in [0.2, 0.25) is 5.02 Å². The normalized spacial score (nSPS) is 27.0. The summed E-state index contributed by atoms with van der Waals surface area (Å²) in [5.41, 5.74) is 6.71. The molecular weight excluding hydrogens is 314 g/mol. The third kappa shape index (κ3) is 2.88. The van der Waals surface area contributed by atoms with E-state index in [0.717, 1.165) is 12.8 Å². The van der Waals surface area contributed by atoms with Crippen molar-refractivity contribution in [1.29, 1.82) is 0 Å². The van der Waals surface area contributed by atoms with Crippen molar-refractivity contribution in [2.45, 2.75) is 43.7 Å². The number of piperidine rings is 1. The number of rotatable bonds is 4. The molecule has 23 heavy (non-hydrogen) atoms. The molecule has 126 valence electrons. The number of methoxy groups -OCH3 is 1. The zero-order valence-corrected chi connectivity index (χ0v) is 14.4. The van der Waals surface area contributed by atoms with E-state index in [2.05, 4.69) is 17.3 Å². The topological polar surface area (TPSA) is 67.6 Å². The van der Waals surface area contributed by atoms with Crippen molar-refractivity contribution < 1.29 is 9.53 Å². The van der Waals surface area contributed by atoms with Gasteiger partial charge in [-0.05, 0) is 45.2 Å². The summed E-state index contributed by atoms with van der Waals surface area (Å²) < 4.78 is 5.27. The van der Waals surface area contributed by atoms with Crippen molar-refractivity contribution in [2.24, 2.45) is 0 Å². The summed E-state index contributed by atoms with van der Waals surface area (Å²) >= 11 is 6.05. The Labute approximate surface area is 142 Å². The summed E-state index contributed by atoms with van der Waals surface area (Å²) in [7, 11) is 3.71. The second kappa shape index (κ2) is 6.21. The number of nitrogens with zero attached hydrogens (tertiary/aromatic N) is 1. The summed E-state index contributed by atoms with van der Waals surface area (Å²) in [4.78, 5) is 15.1. The van der Waals surface area contributed by atoms with Crippen LogP contribution in [0.25, 0.3) is 0 Å². The van der Waals surface area contributed by atoms with Gasteiger partial charge in [0.15, 0.2) is 0 Å². The number of likely N-dealkylation sites (N-methyl/N-ethyl adjacent to an activating group) is 1. The number of nitrogens with two attached hydrogens (primary N) is 1. The second-order valence-corrected chi connectivity index (χ2v) is 7.08. The van der Waals surface area contributed by atoms with Crippen LogP contribution in [0.1, 0.15) is 42.5 Å². The third-order valence-electron chi connectivity index (χ3n) is 5.56.